The molecular weight excluding hydrogens is 765 g/mol. The van der Waals surface area contributed by atoms with Crippen molar-refractivity contribution >= 4 is 18.1 Å². The molecule has 2 aromatic heterocycles. The number of carbonyl (C=O) groups is 3. The molecule has 15 heteroatoms. The third-order valence-electron chi connectivity index (χ3n) is 12.1. The van der Waals surface area contributed by atoms with Crippen LogP contribution < -0.4 is 5.32 Å². The molecule has 316 valence electrons. The Morgan fingerprint density at radius 1 is 0.833 bits per heavy atom. The van der Waals surface area contributed by atoms with Gasteiger partial charge < -0.3 is 34.8 Å². The molecule has 7 rings (SSSR count). The van der Waals surface area contributed by atoms with Crippen LogP contribution in [0.5, 0.6) is 0 Å². The number of hydrogen-bond donors (Lipinski definition) is 5. The highest BCUT2D eigenvalue weighted by atomic mass is 16.7. The Labute approximate surface area is 349 Å². The van der Waals surface area contributed by atoms with E-state index in [1.54, 1.807) is 31.4 Å². The Morgan fingerprint density at radius 2 is 1.38 bits per heavy atom. The molecule has 0 bridgehead atoms. The number of aromatic nitrogens is 4. The van der Waals surface area contributed by atoms with E-state index in [-0.39, 0.29) is 29.8 Å². The molecule has 3 unspecified atom stereocenters. The van der Waals surface area contributed by atoms with Crippen LogP contribution in [-0.4, -0.2) is 102 Å². The zero-order valence-corrected chi connectivity index (χ0v) is 34.9. The molecule has 0 spiro atoms. The molecule has 2 fully saturated rings. The summed E-state index contributed by atoms with van der Waals surface area (Å²) >= 11 is 0. The van der Waals surface area contributed by atoms with Crippen LogP contribution in [0, 0.1) is 11.8 Å². The van der Waals surface area contributed by atoms with E-state index in [0.29, 0.717) is 36.8 Å². The highest BCUT2D eigenvalue weighted by molar-refractivity contribution is 5.86. The molecule has 2 saturated heterocycles. The van der Waals surface area contributed by atoms with Crippen LogP contribution in [0.15, 0.2) is 91.3 Å². The summed E-state index contributed by atoms with van der Waals surface area (Å²) in [5.74, 6) is 0.983. The second-order valence-electron chi connectivity index (χ2n) is 16.3. The molecule has 3 amide bonds. The lowest BCUT2D eigenvalue weighted by Crippen LogP contribution is -2.62. The normalized spacial score (nSPS) is 21.4. The van der Waals surface area contributed by atoms with E-state index >= 15 is 0 Å². The first-order chi connectivity index (χ1) is 28.8. The van der Waals surface area contributed by atoms with Crippen LogP contribution in [0.3, 0.4) is 0 Å². The third kappa shape index (κ3) is 8.30. The van der Waals surface area contributed by atoms with Gasteiger partial charge >= 0.3 is 12.2 Å². The second-order valence-corrected chi connectivity index (χ2v) is 16.3. The molecule has 5 N–H and O–H groups in total. The quantitative estimate of drug-likeness (QED) is 0.0441. The number of imidazole rings is 2. The monoisotopic (exact) mass is 819 g/mol. The molecule has 0 radical (unpaired) electrons. The number of carboxylic acid groups (broad SMARTS) is 1. The van der Waals surface area contributed by atoms with Gasteiger partial charge in [0.15, 0.2) is 6.04 Å². The third-order valence-corrected chi connectivity index (χ3v) is 12.1. The van der Waals surface area contributed by atoms with E-state index < -0.39 is 35.1 Å². The number of carbonyl (C=O) groups excluding carboxylic acids is 2. The van der Waals surface area contributed by atoms with Crippen LogP contribution in [0.4, 0.5) is 9.59 Å². The second kappa shape index (κ2) is 17.8. The first-order valence-corrected chi connectivity index (χ1v) is 20.5. The first-order valence-electron chi connectivity index (χ1n) is 20.5. The number of aromatic amines is 2. The minimum Gasteiger partial charge on any atom is -0.453 e. The number of amides is 3. The summed E-state index contributed by atoms with van der Waals surface area (Å²) in [6, 6.07) is 23.2. The lowest BCUT2D eigenvalue weighted by atomic mass is 10.0. The number of benzene rings is 3. The number of likely N-dealkylation sites (tertiary alicyclic amines) is 1. The van der Waals surface area contributed by atoms with Gasteiger partial charge in [-0.15, -0.1) is 5.01 Å². The van der Waals surface area contributed by atoms with Crippen LogP contribution in [0.1, 0.15) is 82.3 Å². The van der Waals surface area contributed by atoms with Crippen molar-refractivity contribution in [1.29, 1.82) is 0 Å². The minimum atomic E-state index is -1.37. The number of alkyl carbamates (subject to hydrolysis) is 1. The maximum absolute atomic E-state index is 13.8. The molecule has 15 nitrogen and oxygen atoms in total. The van der Waals surface area contributed by atoms with Gasteiger partial charge in [-0.25, -0.2) is 14.8 Å². The fraction of sp³-hybridized carbons (Fsp3) is 0.400. The van der Waals surface area contributed by atoms with Gasteiger partial charge in [0.05, 0.1) is 50.1 Å². The lowest BCUT2D eigenvalue weighted by molar-refractivity contribution is -1.15. The van der Waals surface area contributed by atoms with E-state index in [0.717, 1.165) is 46.5 Å². The summed E-state index contributed by atoms with van der Waals surface area (Å²) in [4.78, 5) is 56.9. The van der Waals surface area contributed by atoms with Gasteiger partial charge in [-0.05, 0) is 61.3 Å². The smallest absolute Gasteiger partial charge is 0.453 e. The van der Waals surface area contributed by atoms with Crippen molar-refractivity contribution in [3.05, 3.63) is 108 Å². The van der Waals surface area contributed by atoms with Crippen molar-refractivity contribution in [2.45, 2.75) is 77.2 Å². The Hall–Kier alpha value is -5.87. The maximum Gasteiger partial charge on any atom is 0.568 e. The summed E-state index contributed by atoms with van der Waals surface area (Å²) in [5.41, 5.74) is 6.22. The molecule has 60 heavy (non-hydrogen) atoms. The van der Waals surface area contributed by atoms with Crippen LogP contribution >= 0.6 is 0 Å². The van der Waals surface area contributed by atoms with Crippen molar-refractivity contribution in [2.75, 3.05) is 27.4 Å². The number of H-pyrrole nitrogens is 2. The van der Waals surface area contributed by atoms with Crippen molar-refractivity contribution in [2.24, 2.45) is 11.8 Å². The number of ether oxygens (including phenoxy) is 2. The van der Waals surface area contributed by atoms with Crippen molar-refractivity contribution in [1.82, 2.24) is 35.2 Å². The van der Waals surface area contributed by atoms with Crippen LogP contribution in [-0.2, 0) is 14.3 Å². The van der Waals surface area contributed by atoms with Crippen molar-refractivity contribution in [3.8, 4) is 33.6 Å². The molecule has 7 atom stereocenters. The highest BCUT2D eigenvalue weighted by Crippen LogP contribution is 2.43. The number of nitrogens with one attached hydrogen (secondary N) is 3. The molecule has 5 aromatic rings. The Kier molecular flexibility index (Phi) is 12.5. The number of hydrogen-bond acceptors (Lipinski definition) is 9. The van der Waals surface area contributed by atoms with E-state index in [9.17, 15) is 24.7 Å². The zero-order chi connectivity index (χ0) is 42.7. The Balaban J connectivity index is 1.05. The summed E-state index contributed by atoms with van der Waals surface area (Å²) < 4.78 is 8.94. The predicted molar refractivity (Wildman–Crippen MR) is 224 cm³/mol. The Morgan fingerprint density at radius 3 is 1.90 bits per heavy atom. The van der Waals surface area contributed by atoms with E-state index in [4.69, 9.17) is 19.4 Å². The van der Waals surface area contributed by atoms with Crippen LogP contribution in [0.25, 0.3) is 33.6 Å². The molecule has 2 aliphatic heterocycles. The lowest BCUT2D eigenvalue weighted by Gasteiger charge is -2.38. The van der Waals surface area contributed by atoms with Gasteiger partial charge in [-0.2, -0.15) is 10.0 Å². The fourth-order valence-corrected chi connectivity index (χ4v) is 8.76. The molecule has 2 aliphatic rings. The van der Waals surface area contributed by atoms with E-state index in [1.165, 1.54) is 7.11 Å². The molecule has 0 saturated carbocycles. The van der Waals surface area contributed by atoms with Gasteiger partial charge in [0, 0.05) is 29.4 Å². The van der Waals surface area contributed by atoms with Gasteiger partial charge in [-0.1, -0.05) is 92.7 Å². The van der Waals surface area contributed by atoms with Crippen molar-refractivity contribution in [3.63, 3.8) is 0 Å². The van der Waals surface area contributed by atoms with Crippen molar-refractivity contribution < 1.29 is 38.9 Å². The zero-order valence-electron chi connectivity index (χ0n) is 34.9. The van der Waals surface area contributed by atoms with E-state index in [2.05, 4.69) is 27.4 Å². The molecule has 0 aliphatic carbocycles. The predicted octanol–water partition coefficient (Wildman–Crippen LogP) is 8.14. The topological polar surface area (TPSA) is 186 Å². The summed E-state index contributed by atoms with van der Waals surface area (Å²) in [5, 5.41) is 26.8. The van der Waals surface area contributed by atoms with E-state index in [1.807, 2.05) is 92.4 Å². The SMILES string of the molecule is COC[C@H]1C[C@@H](c2ncc(-c3ccc(-c4ccc(-c5cnc([C@@H]6CC[C@H](C)N6C(=O)C(NC(=O)OC)C(C)C)[nH]5)cc4)cc3)[nH]2)N([N+](O)(C(=O)O)C(C)c2ccccc2)C1. The number of quaternary nitrogens is 1. The summed E-state index contributed by atoms with van der Waals surface area (Å²) in [7, 11) is 2.91. The molecule has 4 heterocycles. The van der Waals surface area contributed by atoms with Gasteiger partial charge in [0.1, 0.15) is 23.7 Å². The largest absolute Gasteiger partial charge is 0.568 e. The summed E-state index contributed by atoms with van der Waals surface area (Å²) in [6.45, 7) is 8.26. The standard InChI is InChI=1S/C45H54N8O7/c1-27(2)40(50-44(55)60-6)43(54)52-28(3)12-21-38(52)41-46-23-36(48-41)34-17-13-32(14-18-34)33-15-19-35(20-16-33)37-24-47-42(49-37)39-22-30(26-59-5)25-51(39)53(58,45(56)57)29(4)31-10-8-7-9-11-31/h7-11,13-20,23-24,27-30,38-40,58H,12,21-22,25-26H2,1-6H3,(H3-,46,47,48,49,50,55,56,57)/p+1/t28-,29?,30-,38-,39-,40?,53?/m0/s1. The molecule has 3 aromatic carbocycles. The summed E-state index contributed by atoms with van der Waals surface area (Å²) in [6.07, 6.45) is 3.67. The number of nitrogens with zero attached hydrogens (tertiary/aromatic N) is 5. The van der Waals surface area contributed by atoms with Crippen LogP contribution in [0.2, 0.25) is 0 Å². The maximum atomic E-state index is 13.8. The van der Waals surface area contributed by atoms with Gasteiger partial charge in [0.2, 0.25) is 5.91 Å². The number of rotatable bonds is 13. The Bertz CT molecular complexity index is 2260. The van der Waals surface area contributed by atoms with Gasteiger partial charge in [0.25, 0.3) is 0 Å². The average molecular weight is 820 g/mol. The minimum absolute atomic E-state index is 0.0111. The number of hydroxylamine groups is 2. The first kappa shape index (κ1) is 42.3. The van der Waals surface area contributed by atoms with Gasteiger partial charge in [-0.3, -0.25) is 4.79 Å². The fourth-order valence-electron chi connectivity index (χ4n) is 8.76. The average Bonchev–Trinajstić information content (AvgIpc) is 4.09. The number of methoxy groups -OCH3 is 2. The highest BCUT2D eigenvalue weighted by Gasteiger charge is 2.56. The molecular formula is C45H55N8O7+.